The van der Waals surface area contributed by atoms with Crippen LogP contribution in [0.3, 0.4) is 0 Å². The van der Waals surface area contributed by atoms with E-state index in [1.807, 2.05) is 0 Å². The third-order valence-corrected chi connectivity index (χ3v) is 2.33. The summed E-state index contributed by atoms with van der Waals surface area (Å²) in [6.45, 7) is 0.821. The Labute approximate surface area is 55.3 Å². The van der Waals surface area contributed by atoms with Gasteiger partial charge in [0.2, 0.25) is 0 Å². The third kappa shape index (κ3) is 1.10. The minimum absolute atomic E-state index is 0.0596. The maximum Gasteiger partial charge on any atom is 0.0679 e. The summed E-state index contributed by atoms with van der Waals surface area (Å²) < 4.78 is 0. The highest BCUT2D eigenvalue weighted by molar-refractivity contribution is 4.92. The van der Waals surface area contributed by atoms with Crippen LogP contribution in [0, 0.1) is 5.92 Å². The van der Waals surface area contributed by atoms with Crippen molar-refractivity contribution in [2.45, 2.75) is 31.4 Å². The Morgan fingerprint density at radius 1 is 1.33 bits per heavy atom. The smallest absolute Gasteiger partial charge is 0.0679 e. The Bertz CT molecular complexity index is 111. The van der Waals surface area contributed by atoms with Gasteiger partial charge in [-0.3, -0.25) is 0 Å². The van der Waals surface area contributed by atoms with E-state index in [1.165, 1.54) is 12.8 Å². The van der Waals surface area contributed by atoms with Crippen molar-refractivity contribution < 1.29 is 5.11 Å². The van der Waals surface area contributed by atoms with Gasteiger partial charge in [0.15, 0.2) is 0 Å². The van der Waals surface area contributed by atoms with Crippen molar-refractivity contribution in [2.24, 2.45) is 5.92 Å². The molecule has 0 radical (unpaired) electrons. The molecule has 0 aromatic carbocycles. The highest BCUT2D eigenvalue weighted by Gasteiger charge is 2.35. The van der Waals surface area contributed by atoms with E-state index < -0.39 is 0 Å². The van der Waals surface area contributed by atoms with Crippen molar-refractivity contribution in [3.05, 3.63) is 0 Å². The summed E-state index contributed by atoms with van der Waals surface area (Å²) in [5.74, 6) is 0.905. The normalized spacial score (nSPS) is 43.7. The monoisotopic (exact) mass is 127 g/mol. The first-order chi connectivity index (χ1) is 4.36. The number of aliphatic hydroxyl groups is 1. The number of aliphatic hydroxyl groups excluding tert-OH is 1. The van der Waals surface area contributed by atoms with Crippen LogP contribution < -0.4 is 5.32 Å². The Hall–Kier alpha value is -0.0800. The fourth-order valence-corrected chi connectivity index (χ4v) is 1.60. The molecule has 52 valence electrons. The molecule has 1 heterocycles. The zero-order valence-electron chi connectivity index (χ0n) is 5.51. The zero-order valence-corrected chi connectivity index (χ0v) is 5.51. The lowest BCUT2D eigenvalue weighted by atomic mass is 10.1. The van der Waals surface area contributed by atoms with Crippen LogP contribution in [-0.2, 0) is 0 Å². The van der Waals surface area contributed by atoms with Gasteiger partial charge in [-0.1, -0.05) is 0 Å². The first-order valence-electron chi connectivity index (χ1n) is 3.78. The number of hydrogen-bond donors (Lipinski definition) is 2. The van der Waals surface area contributed by atoms with Crippen LogP contribution in [0.4, 0.5) is 0 Å². The van der Waals surface area contributed by atoms with Crippen molar-refractivity contribution in [2.75, 3.05) is 6.54 Å². The van der Waals surface area contributed by atoms with E-state index in [0.717, 1.165) is 18.9 Å². The molecular weight excluding hydrogens is 114 g/mol. The van der Waals surface area contributed by atoms with Crippen LogP contribution in [0.15, 0.2) is 0 Å². The number of nitrogens with one attached hydrogen (secondary N) is 1. The first-order valence-corrected chi connectivity index (χ1v) is 3.78. The van der Waals surface area contributed by atoms with Gasteiger partial charge in [0.25, 0.3) is 0 Å². The Balaban J connectivity index is 1.86. The van der Waals surface area contributed by atoms with Gasteiger partial charge in [-0.2, -0.15) is 0 Å². The fraction of sp³-hybridized carbons (Fsp3) is 1.00. The highest BCUT2D eigenvalue weighted by Crippen LogP contribution is 2.35. The molecule has 0 aromatic rings. The lowest BCUT2D eigenvalue weighted by Crippen LogP contribution is -2.23. The zero-order chi connectivity index (χ0) is 6.27. The minimum Gasteiger partial charge on any atom is -0.392 e. The summed E-state index contributed by atoms with van der Waals surface area (Å²) >= 11 is 0. The van der Waals surface area contributed by atoms with Crippen molar-refractivity contribution in [3.8, 4) is 0 Å². The second kappa shape index (κ2) is 1.96. The Morgan fingerprint density at radius 2 is 2.11 bits per heavy atom. The second-order valence-electron chi connectivity index (χ2n) is 3.24. The van der Waals surface area contributed by atoms with Crippen molar-refractivity contribution in [1.29, 1.82) is 0 Å². The minimum atomic E-state index is -0.0596. The van der Waals surface area contributed by atoms with Gasteiger partial charge in [0.1, 0.15) is 0 Å². The highest BCUT2D eigenvalue weighted by atomic mass is 16.3. The standard InChI is InChI=1S/C7H13NO/c9-6-3-7(8-4-6)5-1-2-5/h5-9H,1-4H2/t6-,7+/m0/s1. The summed E-state index contributed by atoms with van der Waals surface area (Å²) in [4.78, 5) is 0. The predicted octanol–water partition coefficient (Wildman–Crippen LogP) is 0.119. The van der Waals surface area contributed by atoms with E-state index in [-0.39, 0.29) is 6.10 Å². The molecule has 0 amide bonds. The fourth-order valence-electron chi connectivity index (χ4n) is 1.60. The molecule has 2 atom stereocenters. The summed E-state index contributed by atoms with van der Waals surface area (Å²) in [5, 5.41) is 12.4. The number of β-amino-alcohol motifs (C(OH)–C–C–N with tert-alkyl or cyclic N) is 1. The lowest BCUT2D eigenvalue weighted by Gasteiger charge is -2.05. The second-order valence-corrected chi connectivity index (χ2v) is 3.24. The van der Waals surface area contributed by atoms with Gasteiger partial charge in [-0.15, -0.1) is 0 Å². The van der Waals surface area contributed by atoms with Gasteiger partial charge in [0, 0.05) is 12.6 Å². The molecule has 2 heteroatoms. The van der Waals surface area contributed by atoms with Gasteiger partial charge in [-0.25, -0.2) is 0 Å². The molecule has 2 rings (SSSR count). The summed E-state index contributed by atoms with van der Waals surface area (Å²) in [7, 11) is 0. The largest absolute Gasteiger partial charge is 0.392 e. The summed E-state index contributed by atoms with van der Waals surface area (Å²) in [6, 6.07) is 0.653. The molecule has 0 spiro atoms. The summed E-state index contributed by atoms with van der Waals surface area (Å²) in [6.07, 6.45) is 3.69. The van der Waals surface area contributed by atoms with Crippen molar-refractivity contribution in [1.82, 2.24) is 5.32 Å². The van der Waals surface area contributed by atoms with E-state index >= 15 is 0 Å². The van der Waals surface area contributed by atoms with Crippen molar-refractivity contribution >= 4 is 0 Å². The van der Waals surface area contributed by atoms with Crippen LogP contribution in [-0.4, -0.2) is 23.8 Å². The Morgan fingerprint density at radius 3 is 2.56 bits per heavy atom. The number of rotatable bonds is 1. The van der Waals surface area contributed by atoms with Gasteiger partial charge in [-0.05, 0) is 25.2 Å². The van der Waals surface area contributed by atoms with Gasteiger partial charge < -0.3 is 10.4 Å². The molecule has 2 fully saturated rings. The first kappa shape index (κ1) is 5.69. The molecule has 9 heavy (non-hydrogen) atoms. The van der Waals surface area contributed by atoms with Gasteiger partial charge >= 0.3 is 0 Å². The molecule has 1 aliphatic heterocycles. The van der Waals surface area contributed by atoms with Crippen LogP contribution in [0.2, 0.25) is 0 Å². The van der Waals surface area contributed by atoms with Crippen LogP contribution >= 0.6 is 0 Å². The van der Waals surface area contributed by atoms with E-state index in [4.69, 9.17) is 5.11 Å². The topological polar surface area (TPSA) is 32.3 Å². The van der Waals surface area contributed by atoms with Gasteiger partial charge in [0.05, 0.1) is 6.10 Å². The van der Waals surface area contributed by atoms with E-state index in [0.29, 0.717) is 6.04 Å². The molecule has 1 aliphatic carbocycles. The molecule has 2 nitrogen and oxygen atoms in total. The van der Waals surface area contributed by atoms with E-state index in [1.54, 1.807) is 0 Å². The van der Waals surface area contributed by atoms with E-state index in [9.17, 15) is 0 Å². The quantitative estimate of drug-likeness (QED) is 0.524. The maximum absolute atomic E-state index is 9.11. The van der Waals surface area contributed by atoms with Crippen molar-refractivity contribution in [3.63, 3.8) is 0 Å². The molecule has 0 aromatic heterocycles. The molecule has 2 N–H and O–H groups in total. The average molecular weight is 127 g/mol. The summed E-state index contributed by atoms with van der Waals surface area (Å²) in [5.41, 5.74) is 0. The van der Waals surface area contributed by atoms with Crippen LogP contribution in [0.5, 0.6) is 0 Å². The number of hydrogen-bond acceptors (Lipinski definition) is 2. The predicted molar refractivity (Wildman–Crippen MR) is 35.1 cm³/mol. The lowest BCUT2D eigenvalue weighted by molar-refractivity contribution is 0.192. The molecule has 1 saturated carbocycles. The van der Waals surface area contributed by atoms with Crippen LogP contribution in [0.1, 0.15) is 19.3 Å². The van der Waals surface area contributed by atoms with Crippen LogP contribution in [0.25, 0.3) is 0 Å². The maximum atomic E-state index is 9.11. The Kier molecular flexibility index (Phi) is 1.24. The molecule has 0 bridgehead atoms. The molecule has 2 aliphatic rings. The average Bonchev–Trinajstić information content (AvgIpc) is 2.58. The molecule has 0 unspecified atom stereocenters. The SMILES string of the molecule is O[C@@H]1CN[C@@H](C2CC2)C1. The van der Waals surface area contributed by atoms with E-state index in [2.05, 4.69) is 5.32 Å². The third-order valence-electron chi connectivity index (χ3n) is 2.33. The molecule has 1 saturated heterocycles. The molecular formula is C7H13NO.